The lowest BCUT2D eigenvalue weighted by Gasteiger charge is -2.16. The highest BCUT2D eigenvalue weighted by Crippen LogP contribution is 2.21. The number of amides is 1. The summed E-state index contributed by atoms with van der Waals surface area (Å²) in [6, 6.07) is 11.6. The van der Waals surface area contributed by atoms with Crippen molar-refractivity contribution in [3.05, 3.63) is 66.4 Å². The van der Waals surface area contributed by atoms with Crippen LogP contribution >= 0.6 is 0 Å². The van der Waals surface area contributed by atoms with Gasteiger partial charge >= 0.3 is 0 Å². The van der Waals surface area contributed by atoms with Crippen molar-refractivity contribution >= 4 is 5.91 Å². The maximum atomic E-state index is 13.2. The Morgan fingerprint density at radius 1 is 1.28 bits per heavy atom. The zero-order chi connectivity index (χ0) is 17.8. The van der Waals surface area contributed by atoms with Crippen LogP contribution in [0.5, 0.6) is 0 Å². The minimum Gasteiger partial charge on any atom is -0.341 e. The van der Waals surface area contributed by atoms with Gasteiger partial charge in [0.05, 0.1) is 24.4 Å². The molecule has 1 amide bonds. The first-order chi connectivity index (χ1) is 12.1. The van der Waals surface area contributed by atoms with Crippen molar-refractivity contribution in [2.75, 3.05) is 13.6 Å². The number of nitrogens with zero attached hydrogens (tertiary/aromatic N) is 5. The minimum absolute atomic E-state index is 0.229. The molecule has 3 rings (SSSR count). The van der Waals surface area contributed by atoms with E-state index in [1.54, 1.807) is 28.4 Å². The summed E-state index contributed by atoms with van der Waals surface area (Å²) in [4.78, 5) is 14.2. The number of hydrogen-bond acceptors (Lipinski definition) is 3. The fraction of sp³-hybridized carbons (Fsp3) is 0.167. The molecule has 126 valence electrons. The van der Waals surface area contributed by atoms with E-state index in [0.717, 1.165) is 0 Å². The number of carbonyl (C=O) groups excluding carboxylic acids is 1. The van der Waals surface area contributed by atoms with E-state index in [-0.39, 0.29) is 18.1 Å². The van der Waals surface area contributed by atoms with Gasteiger partial charge in [-0.05, 0) is 36.4 Å². The van der Waals surface area contributed by atoms with Crippen LogP contribution in [-0.4, -0.2) is 38.7 Å². The van der Waals surface area contributed by atoms with Crippen molar-refractivity contribution in [3.8, 4) is 17.6 Å². The topological polar surface area (TPSA) is 66.8 Å². The molecule has 0 fully saturated rings. The molecule has 0 atom stereocenters. The molecule has 0 saturated heterocycles. The van der Waals surface area contributed by atoms with Gasteiger partial charge in [0.1, 0.15) is 11.4 Å². The molecule has 0 aliphatic carbocycles. The van der Waals surface area contributed by atoms with E-state index in [9.17, 15) is 9.18 Å². The number of aromatic nitrogens is 3. The molecule has 0 radical (unpaired) electrons. The van der Waals surface area contributed by atoms with Gasteiger partial charge in [0.2, 0.25) is 0 Å². The van der Waals surface area contributed by atoms with Crippen molar-refractivity contribution in [2.45, 2.75) is 6.42 Å². The van der Waals surface area contributed by atoms with E-state index < -0.39 is 0 Å². The summed E-state index contributed by atoms with van der Waals surface area (Å²) in [5, 5.41) is 13.0. The summed E-state index contributed by atoms with van der Waals surface area (Å²) in [6.45, 7) is 0.335. The van der Waals surface area contributed by atoms with Crippen LogP contribution in [0, 0.1) is 17.1 Å². The van der Waals surface area contributed by atoms with Gasteiger partial charge in [-0.1, -0.05) is 0 Å². The van der Waals surface area contributed by atoms with Crippen molar-refractivity contribution in [1.29, 1.82) is 5.26 Å². The molecule has 6 nitrogen and oxygen atoms in total. The summed E-state index contributed by atoms with van der Waals surface area (Å²) in [5.41, 5.74) is 1.05. The highest BCUT2D eigenvalue weighted by atomic mass is 19.1. The second-order valence-corrected chi connectivity index (χ2v) is 5.50. The van der Waals surface area contributed by atoms with E-state index in [4.69, 9.17) is 5.26 Å². The zero-order valence-electron chi connectivity index (χ0n) is 13.6. The molecular weight excluding hydrogens is 321 g/mol. The summed E-state index contributed by atoms with van der Waals surface area (Å²) < 4.78 is 16.6. The van der Waals surface area contributed by atoms with E-state index in [1.807, 2.05) is 30.6 Å². The van der Waals surface area contributed by atoms with E-state index in [0.29, 0.717) is 23.6 Å². The molecule has 0 N–H and O–H groups in total. The van der Waals surface area contributed by atoms with Crippen LogP contribution in [0.4, 0.5) is 4.39 Å². The number of hydrogen-bond donors (Lipinski definition) is 0. The third-order valence-electron chi connectivity index (χ3n) is 3.80. The van der Waals surface area contributed by atoms with Crippen molar-refractivity contribution in [3.63, 3.8) is 0 Å². The predicted molar refractivity (Wildman–Crippen MR) is 90.0 cm³/mol. The second-order valence-electron chi connectivity index (χ2n) is 5.50. The molecule has 1 aromatic carbocycles. The Kier molecular flexibility index (Phi) is 4.61. The van der Waals surface area contributed by atoms with Crippen LogP contribution in [0.15, 0.2) is 55.0 Å². The Morgan fingerprint density at radius 3 is 2.60 bits per heavy atom. The Morgan fingerprint density at radius 2 is 1.96 bits per heavy atom. The summed E-state index contributed by atoms with van der Waals surface area (Å²) >= 11 is 0. The van der Waals surface area contributed by atoms with Gasteiger partial charge in [0.15, 0.2) is 5.82 Å². The highest BCUT2D eigenvalue weighted by Gasteiger charge is 2.22. The lowest BCUT2D eigenvalue weighted by Crippen LogP contribution is -2.28. The Balaban J connectivity index is 2.07. The average Bonchev–Trinajstić information content (AvgIpc) is 3.28. The molecule has 0 aliphatic heterocycles. The molecule has 2 heterocycles. The molecule has 0 spiro atoms. The van der Waals surface area contributed by atoms with Crippen LogP contribution in [0.1, 0.15) is 16.8 Å². The van der Waals surface area contributed by atoms with Crippen LogP contribution in [0.2, 0.25) is 0 Å². The Bertz CT molecular complexity index is 906. The van der Waals surface area contributed by atoms with E-state index in [2.05, 4.69) is 5.10 Å². The predicted octanol–water partition coefficient (Wildman–Crippen LogP) is 2.79. The fourth-order valence-electron chi connectivity index (χ4n) is 2.51. The molecular formula is C18H16FN5O. The SMILES string of the molecule is CN(CCC#N)C(=O)c1cnn(-c2ccc(F)cc2)c1-n1cccc1. The third-order valence-corrected chi connectivity index (χ3v) is 3.80. The number of halogens is 1. The Hall–Kier alpha value is -3.40. The lowest BCUT2D eigenvalue weighted by molar-refractivity contribution is 0.0798. The molecule has 7 heteroatoms. The second kappa shape index (κ2) is 7.01. The number of nitriles is 1. The highest BCUT2D eigenvalue weighted by molar-refractivity contribution is 5.97. The zero-order valence-corrected chi connectivity index (χ0v) is 13.6. The molecule has 25 heavy (non-hydrogen) atoms. The first-order valence-corrected chi connectivity index (χ1v) is 7.71. The molecule has 0 saturated carbocycles. The van der Waals surface area contributed by atoms with Gasteiger partial charge in [-0.15, -0.1) is 0 Å². The van der Waals surface area contributed by atoms with Gasteiger partial charge in [0.25, 0.3) is 5.91 Å². The first-order valence-electron chi connectivity index (χ1n) is 7.71. The van der Waals surface area contributed by atoms with Crippen LogP contribution in [-0.2, 0) is 0 Å². The number of carbonyl (C=O) groups is 1. The molecule has 2 aromatic heterocycles. The lowest BCUT2D eigenvalue weighted by atomic mass is 10.2. The third kappa shape index (κ3) is 3.28. The van der Waals surface area contributed by atoms with Crippen molar-refractivity contribution in [1.82, 2.24) is 19.2 Å². The largest absolute Gasteiger partial charge is 0.341 e. The summed E-state index contributed by atoms with van der Waals surface area (Å²) in [7, 11) is 1.65. The number of rotatable bonds is 5. The normalized spacial score (nSPS) is 10.4. The van der Waals surface area contributed by atoms with Gasteiger partial charge < -0.3 is 9.47 Å². The smallest absolute Gasteiger partial charge is 0.259 e. The fourth-order valence-corrected chi connectivity index (χ4v) is 2.51. The summed E-state index contributed by atoms with van der Waals surface area (Å²) in [5.74, 6) is -0.0105. The van der Waals surface area contributed by atoms with Gasteiger partial charge in [-0.25, -0.2) is 9.07 Å². The standard InChI is InChI=1S/C18H16FN5O/c1-22(10-4-9-20)18(25)16-13-21-24(15-7-5-14(19)6-8-15)17(16)23-11-2-3-12-23/h2-3,5-8,11-13H,4,10H2,1H3. The van der Waals surface area contributed by atoms with Gasteiger partial charge in [-0.3, -0.25) is 4.79 Å². The minimum atomic E-state index is -0.342. The quantitative estimate of drug-likeness (QED) is 0.719. The first kappa shape index (κ1) is 16.5. The van der Waals surface area contributed by atoms with E-state index >= 15 is 0 Å². The van der Waals surface area contributed by atoms with Crippen molar-refractivity contribution < 1.29 is 9.18 Å². The monoisotopic (exact) mass is 337 g/mol. The summed E-state index contributed by atoms with van der Waals surface area (Å²) in [6.07, 6.45) is 5.36. The van der Waals surface area contributed by atoms with Gasteiger partial charge in [0, 0.05) is 26.0 Å². The maximum absolute atomic E-state index is 13.2. The average molecular weight is 337 g/mol. The van der Waals surface area contributed by atoms with Gasteiger partial charge in [-0.2, -0.15) is 10.4 Å². The number of benzene rings is 1. The molecule has 3 aromatic rings. The molecule has 0 unspecified atom stereocenters. The Labute approximate surface area is 144 Å². The molecule has 0 aliphatic rings. The van der Waals surface area contributed by atoms with Crippen LogP contribution in [0.3, 0.4) is 0 Å². The maximum Gasteiger partial charge on any atom is 0.259 e. The molecule has 0 bridgehead atoms. The van der Waals surface area contributed by atoms with E-state index in [1.165, 1.54) is 23.2 Å². The van der Waals surface area contributed by atoms with Crippen LogP contribution < -0.4 is 0 Å². The van der Waals surface area contributed by atoms with Crippen LogP contribution in [0.25, 0.3) is 11.5 Å². The van der Waals surface area contributed by atoms with Crippen molar-refractivity contribution in [2.24, 2.45) is 0 Å².